The lowest BCUT2D eigenvalue weighted by Gasteiger charge is -2.28. The van der Waals surface area contributed by atoms with Crippen molar-refractivity contribution >= 4 is 5.95 Å². The van der Waals surface area contributed by atoms with Crippen LogP contribution in [0.5, 0.6) is 0 Å². The van der Waals surface area contributed by atoms with Gasteiger partial charge in [-0.2, -0.15) is 0 Å². The number of nitrogens with zero attached hydrogens (tertiary/aromatic N) is 2. The van der Waals surface area contributed by atoms with Gasteiger partial charge in [0, 0.05) is 25.0 Å². The average molecular weight is 183 g/mol. The van der Waals surface area contributed by atoms with Crippen molar-refractivity contribution in [1.82, 2.24) is 9.97 Å². The van der Waals surface area contributed by atoms with Crippen LogP contribution >= 0.6 is 0 Å². The molecule has 3 nitrogen and oxygen atoms in total. The molecule has 2 heterocycles. The SMILES string of the molecule is Cc1cnc(N2CCC(F)CC2)[nH]1. The van der Waals surface area contributed by atoms with Crippen molar-refractivity contribution in [2.45, 2.75) is 25.9 Å². The standard InChI is InChI=1S/C9H14FN3/c1-7-6-11-9(12-7)13-4-2-8(10)3-5-13/h6,8H,2-5H2,1H3,(H,11,12). The summed E-state index contributed by atoms with van der Waals surface area (Å²) in [6, 6.07) is 0. The number of aromatic nitrogens is 2. The van der Waals surface area contributed by atoms with Crippen LogP contribution in [0.2, 0.25) is 0 Å². The Kier molecular flexibility index (Phi) is 2.20. The van der Waals surface area contributed by atoms with Gasteiger partial charge in [0.05, 0.1) is 0 Å². The molecule has 72 valence electrons. The Balaban J connectivity index is 2.02. The van der Waals surface area contributed by atoms with Crippen molar-refractivity contribution in [2.75, 3.05) is 18.0 Å². The fraction of sp³-hybridized carbons (Fsp3) is 0.667. The second-order valence-corrected chi connectivity index (χ2v) is 3.55. The number of anilines is 1. The average Bonchev–Trinajstić information content (AvgIpc) is 2.53. The summed E-state index contributed by atoms with van der Waals surface area (Å²) in [5.74, 6) is 0.879. The van der Waals surface area contributed by atoms with Gasteiger partial charge in [-0.1, -0.05) is 0 Å². The first-order valence-electron chi connectivity index (χ1n) is 4.66. The van der Waals surface area contributed by atoms with Crippen LogP contribution in [-0.4, -0.2) is 29.2 Å². The predicted octanol–water partition coefficient (Wildman–Crippen LogP) is 1.66. The monoisotopic (exact) mass is 183 g/mol. The molecule has 0 unspecified atom stereocenters. The van der Waals surface area contributed by atoms with Crippen molar-refractivity contribution in [1.29, 1.82) is 0 Å². The summed E-state index contributed by atoms with van der Waals surface area (Å²) >= 11 is 0. The number of hydrogen-bond acceptors (Lipinski definition) is 2. The van der Waals surface area contributed by atoms with Gasteiger partial charge >= 0.3 is 0 Å². The molecule has 0 atom stereocenters. The Morgan fingerprint density at radius 1 is 1.54 bits per heavy atom. The summed E-state index contributed by atoms with van der Waals surface area (Å²) in [4.78, 5) is 9.47. The number of imidazole rings is 1. The third-order valence-electron chi connectivity index (χ3n) is 2.41. The minimum absolute atomic E-state index is 0.618. The molecule has 0 aromatic carbocycles. The first-order chi connectivity index (χ1) is 6.25. The number of nitrogens with one attached hydrogen (secondary N) is 1. The maximum Gasteiger partial charge on any atom is 0.202 e. The molecule has 1 aromatic heterocycles. The zero-order chi connectivity index (χ0) is 9.26. The molecule has 4 heteroatoms. The van der Waals surface area contributed by atoms with E-state index in [1.165, 1.54) is 0 Å². The number of H-pyrrole nitrogens is 1. The van der Waals surface area contributed by atoms with Crippen molar-refractivity contribution in [3.63, 3.8) is 0 Å². The van der Waals surface area contributed by atoms with Crippen LogP contribution in [0, 0.1) is 6.92 Å². The van der Waals surface area contributed by atoms with E-state index in [9.17, 15) is 4.39 Å². The van der Waals surface area contributed by atoms with E-state index in [1.54, 1.807) is 6.20 Å². The first kappa shape index (κ1) is 8.53. The molecular formula is C9H14FN3. The van der Waals surface area contributed by atoms with Crippen molar-refractivity contribution in [2.24, 2.45) is 0 Å². The lowest BCUT2D eigenvalue weighted by Crippen LogP contribution is -2.35. The molecule has 1 N–H and O–H groups in total. The fourth-order valence-corrected chi connectivity index (χ4v) is 1.62. The van der Waals surface area contributed by atoms with Gasteiger partial charge in [-0.3, -0.25) is 0 Å². The van der Waals surface area contributed by atoms with Crippen LogP contribution in [0.15, 0.2) is 6.20 Å². The molecule has 13 heavy (non-hydrogen) atoms. The summed E-state index contributed by atoms with van der Waals surface area (Å²) in [6.07, 6.45) is 2.43. The molecule has 1 saturated heterocycles. The molecule has 0 spiro atoms. The van der Waals surface area contributed by atoms with E-state index in [4.69, 9.17) is 0 Å². The van der Waals surface area contributed by atoms with E-state index in [2.05, 4.69) is 14.9 Å². The van der Waals surface area contributed by atoms with Gasteiger partial charge in [0.1, 0.15) is 6.17 Å². The van der Waals surface area contributed by atoms with Gasteiger partial charge in [0.2, 0.25) is 5.95 Å². The molecule has 1 aromatic rings. The molecular weight excluding hydrogens is 169 g/mol. The Hall–Kier alpha value is -1.06. The van der Waals surface area contributed by atoms with Gasteiger partial charge in [-0.25, -0.2) is 9.37 Å². The van der Waals surface area contributed by atoms with Crippen LogP contribution in [0.25, 0.3) is 0 Å². The molecule has 1 fully saturated rings. The van der Waals surface area contributed by atoms with Crippen LogP contribution < -0.4 is 4.90 Å². The minimum Gasteiger partial charge on any atom is -0.342 e. The van der Waals surface area contributed by atoms with Crippen LogP contribution in [0.1, 0.15) is 18.5 Å². The second kappa shape index (κ2) is 3.36. The third-order valence-corrected chi connectivity index (χ3v) is 2.41. The first-order valence-corrected chi connectivity index (χ1v) is 4.66. The van der Waals surface area contributed by atoms with E-state index in [1.807, 2.05) is 6.92 Å². The van der Waals surface area contributed by atoms with Crippen LogP contribution in [-0.2, 0) is 0 Å². The number of halogens is 1. The van der Waals surface area contributed by atoms with Gasteiger partial charge < -0.3 is 9.88 Å². The molecule has 0 bridgehead atoms. The highest BCUT2D eigenvalue weighted by Crippen LogP contribution is 2.18. The summed E-state index contributed by atoms with van der Waals surface area (Å²) in [5, 5.41) is 0. The van der Waals surface area contributed by atoms with Gasteiger partial charge in [0.25, 0.3) is 0 Å². The maximum absolute atomic E-state index is 12.8. The largest absolute Gasteiger partial charge is 0.342 e. The smallest absolute Gasteiger partial charge is 0.202 e. The lowest BCUT2D eigenvalue weighted by molar-refractivity contribution is 0.276. The van der Waals surface area contributed by atoms with Crippen LogP contribution in [0.4, 0.5) is 10.3 Å². The lowest BCUT2D eigenvalue weighted by atomic mass is 10.1. The number of piperidine rings is 1. The molecule has 1 aliphatic heterocycles. The number of alkyl halides is 1. The van der Waals surface area contributed by atoms with Gasteiger partial charge in [-0.05, 0) is 19.8 Å². The van der Waals surface area contributed by atoms with Gasteiger partial charge in [0.15, 0.2) is 0 Å². The predicted molar refractivity (Wildman–Crippen MR) is 49.7 cm³/mol. The molecule has 2 rings (SSSR count). The van der Waals surface area contributed by atoms with Crippen molar-refractivity contribution < 1.29 is 4.39 Å². The summed E-state index contributed by atoms with van der Waals surface area (Å²) < 4.78 is 12.8. The van der Waals surface area contributed by atoms with Crippen molar-refractivity contribution in [3.8, 4) is 0 Å². The third kappa shape index (κ3) is 1.82. The second-order valence-electron chi connectivity index (χ2n) is 3.55. The van der Waals surface area contributed by atoms with E-state index < -0.39 is 6.17 Å². The molecule has 0 radical (unpaired) electrons. The molecule has 0 amide bonds. The van der Waals surface area contributed by atoms with Crippen LogP contribution in [0.3, 0.4) is 0 Å². The number of aromatic amines is 1. The summed E-state index contributed by atoms with van der Waals surface area (Å²) in [7, 11) is 0. The Morgan fingerprint density at radius 2 is 2.23 bits per heavy atom. The highest BCUT2D eigenvalue weighted by atomic mass is 19.1. The molecule has 0 aliphatic carbocycles. The van der Waals surface area contributed by atoms with E-state index in [-0.39, 0.29) is 0 Å². The Morgan fingerprint density at radius 3 is 2.77 bits per heavy atom. The Labute approximate surface area is 77.0 Å². The quantitative estimate of drug-likeness (QED) is 0.718. The highest BCUT2D eigenvalue weighted by Gasteiger charge is 2.19. The summed E-state index contributed by atoms with van der Waals surface area (Å²) in [6.45, 7) is 3.51. The highest BCUT2D eigenvalue weighted by molar-refractivity contribution is 5.31. The van der Waals surface area contributed by atoms with E-state index >= 15 is 0 Å². The number of hydrogen-bond donors (Lipinski definition) is 1. The number of rotatable bonds is 1. The zero-order valence-electron chi connectivity index (χ0n) is 7.76. The molecule has 0 saturated carbocycles. The van der Waals surface area contributed by atoms with Gasteiger partial charge in [-0.15, -0.1) is 0 Å². The minimum atomic E-state index is -0.618. The fourth-order valence-electron chi connectivity index (χ4n) is 1.62. The maximum atomic E-state index is 12.8. The normalized spacial score (nSPS) is 19.4. The zero-order valence-corrected chi connectivity index (χ0v) is 7.76. The summed E-state index contributed by atoms with van der Waals surface area (Å²) in [5.41, 5.74) is 1.05. The Bertz CT molecular complexity index is 276. The molecule has 1 aliphatic rings. The van der Waals surface area contributed by atoms with Crippen molar-refractivity contribution in [3.05, 3.63) is 11.9 Å². The van der Waals surface area contributed by atoms with E-state index in [0.717, 1.165) is 24.7 Å². The topological polar surface area (TPSA) is 31.9 Å². The number of aryl methyl sites for hydroxylation is 1. The van der Waals surface area contributed by atoms with E-state index in [0.29, 0.717) is 12.8 Å².